The summed E-state index contributed by atoms with van der Waals surface area (Å²) in [4.78, 5) is 22.6. The highest BCUT2D eigenvalue weighted by Crippen LogP contribution is 2.03. The summed E-state index contributed by atoms with van der Waals surface area (Å²) in [7, 11) is 0. The number of ketones is 1. The molecule has 6 nitrogen and oxygen atoms in total. The van der Waals surface area contributed by atoms with Crippen LogP contribution < -0.4 is 0 Å². The van der Waals surface area contributed by atoms with E-state index >= 15 is 0 Å². The van der Waals surface area contributed by atoms with Crippen LogP contribution in [0.1, 0.15) is 17.5 Å². The average molecular weight is 211 g/mol. The SMILES string of the molecule is CCOC(=O)/C(=N\O)C(=O)c1ccco1. The third-order valence-corrected chi connectivity index (χ3v) is 1.53. The molecule has 1 rings (SSSR count). The minimum Gasteiger partial charge on any atom is -0.461 e. The standard InChI is InChI=1S/C9H9NO5/c1-2-14-9(12)7(10-13)8(11)6-4-3-5-15-6/h3-5,13H,2H2,1H3/b10-7-. The molecule has 0 spiro atoms. The smallest absolute Gasteiger partial charge is 0.364 e. The Kier molecular flexibility index (Phi) is 3.61. The molecule has 1 aromatic heterocycles. The quantitative estimate of drug-likeness (QED) is 0.199. The van der Waals surface area contributed by atoms with Gasteiger partial charge in [-0.2, -0.15) is 0 Å². The maximum absolute atomic E-state index is 11.5. The van der Waals surface area contributed by atoms with Crippen LogP contribution in [0.3, 0.4) is 0 Å². The Morgan fingerprint density at radius 1 is 1.60 bits per heavy atom. The van der Waals surface area contributed by atoms with Gasteiger partial charge in [-0.3, -0.25) is 4.79 Å². The minimum absolute atomic E-state index is 0.0866. The summed E-state index contributed by atoms with van der Waals surface area (Å²) >= 11 is 0. The zero-order valence-corrected chi connectivity index (χ0v) is 7.97. The molecule has 1 aromatic rings. The van der Waals surface area contributed by atoms with Crippen LogP contribution in [0, 0.1) is 0 Å². The number of ether oxygens (including phenoxy) is 1. The third-order valence-electron chi connectivity index (χ3n) is 1.53. The Morgan fingerprint density at radius 3 is 2.80 bits per heavy atom. The number of furan rings is 1. The molecule has 6 heteroatoms. The van der Waals surface area contributed by atoms with Gasteiger partial charge in [-0.15, -0.1) is 0 Å². The van der Waals surface area contributed by atoms with E-state index in [2.05, 4.69) is 9.89 Å². The second-order valence-corrected chi connectivity index (χ2v) is 2.48. The van der Waals surface area contributed by atoms with Crippen LogP contribution >= 0.6 is 0 Å². The molecule has 0 bridgehead atoms. The van der Waals surface area contributed by atoms with Gasteiger partial charge in [0, 0.05) is 0 Å². The Balaban J connectivity index is 2.86. The molecule has 0 fully saturated rings. The first-order chi connectivity index (χ1) is 7.20. The van der Waals surface area contributed by atoms with Gasteiger partial charge in [-0.1, -0.05) is 5.16 Å². The molecule has 0 aliphatic rings. The molecule has 0 unspecified atom stereocenters. The fraction of sp³-hybridized carbons (Fsp3) is 0.222. The number of esters is 1. The van der Waals surface area contributed by atoms with Gasteiger partial charge in [-0.05, 0) is 19.1 Å². The van der Waals surface area contributed by atoms with Gasteiger partial charge in [0.05, 0.1) is 12.9 Å². The van der Waals surface area contributed by atoms with Crippen LogP contribution in [-0.4, -0.2) is 29.3 Å². The maximum Gasteiger partial charge on any atom is 0.364 e. The van der Waals surface area contributed by atoms with Gasteiger partial charge in [0.25, 0.3) is 5.78 Å². The molecule has 0 saturated carbocycles. The van der Waals surface area contributed by atoms with Gasteiger partial charge in [-0.25, -0.2) is 4.79 Å². The van der Waals surface area contributed by atoms with Crippen molar-refractivity contribution in [2.45, 2.75) is 6.92 Å². The maximum atomic E-state index is 11.5. The molecule has 0 saturated heterocycles. The van der Waals surface area contributed by atoms with Gasteiger partial charge in [0.2, 0.25) is 5.71 Å². The summed E-state index contributed by atoms with van der Waals surface area (Å²) in [5, 5.41) is 11.1. The fourth-order valence-corrected chi connectivity index (χ4v) is 0.903. The van der Waals surface area contributed by atoms with Crippen LogP contribution in [0.25, 0.3) is 0 Å². The van der Waals surface area contributed by atoms with Gasteiger partial charge in [0.1, 0.15) is 0 Å². The predicted molar refractivity (Wildman–Crippen MR) is 48.9 cm³/mol. The normalized spacial score (nSPS) is 11.1. The number of nitrogens with zero attached hydrogens (tertiary/aromatic N) is 1. The molecule has 1 heterocycles. The first kappa shape index (κ1) is 11.0. The molecule has 0 radical (unpaired) electrons. The molecular weight excluding hydrogens is 202 g/mol. The van der Waals surface area contributed by atoms with Crippen LogP contribution in [0.2, 0.25) is 0 Å². The highest BCUT2D eigenvalue weighted by atomic mass is 16.5. The van der Waals surface area contributed by atoms with E-state index in [1.807, 2.05) is 0 Å². The number of oxime groups is 1. The Bertz CT molecular complexity index is 379. The number of carbonyl (C=O) groups excluding carboxylic acids is 2. The summed E-state index contributed by atoms with van der Waals surface area (Å²) in [6.45, 7) is 1.66. The molecule has 15 heavy (non-hydrogen) atoms. The fourth-order valence-electron chi connectivity index (χ4n) is 0.903. The van der Waals surface area contributed by atoms with Crippen molar-refractivity contribution in [1.29, 1.82) is 0 Å². The lowest BCUT2D eigenvalue weighted by Crippen LogP contribution is -2.26. The molecular formula is C9H9NO5. The van der Waals surface area contributed by atoms with E-state index in [1.165, 1.54) is 18.4 Å². The summed E-state index contributed by atoms with van der Waals surface area (Å²) in [5.74, 6) is -1.89. The van der Waals surface area contributed by atoms with Gasteiger partial charge in [0.15, 0.2) is 5.76 Å². The zero-order chi connectivity index (χ0) is 11.3. The van der Waals surface area contributed by atoms with E-state index < -0.39 is 17.5 Å². The summed E-state index contributed by atoms with van der Waals surface area (Å²) < 4.78 is 9.28. The van der Waals surface area contributed by atoms with Crippen LogP contribution in [-0.2, 0) is 9.53 Å². The number of hydrogen-bond donors (Lipinski definition) is 1. The molecule has 0 aliphatic heterocycles. The lowest BCUT2D eigenvalue weighted by Gasteiger charge is -2.00. The van der Waals surface area contributed by atoms with Crippen molar-refractivity contribution in [3.05, 3.63) is 24.2 Å². The Labute approximate surface area is 85.1 Å². The molecule has 80 valence electrons. The Hall–Kier alpha value is -2.11. The van der Waals surface area contributed by atoms with Crippen LogP contribution in [0.15, 0.2) is 28.0 Å². The minimum atomic E-state index is -0.985. The predicted octanol–water partition coefficient (Wildman–Crippen LogP) is 0.856. The number of carbonyl (C=O) groups is 2. The van der Waals surface area contributed by atoms with Crippen molar-refractivity contribution in [2.75, 3.05) is 6.61 Å². The van der Waals surface area contributed by atoms with E-state index in [9.17, 15) is 9.59 Å². The molecule has 1 N–H and O–H groups in total. The molecule has 0 aliphatic carbocycles. The second kappa shape index (κ2) is 4.94. The number of Topliss-reactive ketones (excluding diaryl/α,β-unsaturated/α-hetero) is 1. The van der Waals surface area contributed by atoms with Gasteiger partial charge >= 0.3 is 5.97 Å². The lowest BCUT2D eigenvalue weighted by atomic mass is 10.2. The summed E-state index contributed by atoms with van der Waals surface area (Å²) in [5.41, 5.74) is -0.702. The van der Waals surface area contributed by atoms with Crippen LogP contribution in [0.4, 0.5) is 0 Å². The zero-order valence-electron chi connectivity index (χ0n) is 7.97. The lowest BCUT2D eigenvalue weighted by molar-refractivity contribution is -0.135. The Morgan fingerprint density at radius 2 is 2.33 bits per heavy atom. The highest BCUT2D eigenvalue weighted by molar-refractivity contribution is 6.67. The van der Waals surface area contributed by atoms with Crippen molar-refractivity contribution in [3.8, 4) is 0 Å². The first-order valence-electron chi connectivity index (χ1n) is 4.18. The second-order valence-electron chi connectivity index (χ2n) is 2.48. The highest BCUT2D eigenvalue weighted by Gasteiger charge is 2.25. The summed E-state index contributed by atoms with van der Waals surface area (Å²) in [6.07, 6.45) is 1.27. The monoisotopic (exact) mass is 211 g/mol. The molecule has 0 amide bonds. The van der Waals surface area contributed by atoms with E-state index in [0.717, 1.165) is 0 Å². The molecule has 0 aromatic carbocycles. The largest absolute Gasteiger partial charge is 0.461 e. The van der Waals surface area contributed by atoms with E-state index in [1.54, 1.807) is 6.92 Å². The van der Waals surface area contributed by atoms with Crippen molar-refractivity contribution >= 4 is 17.5 Å². The van der Waals surface area contributed by atoms with Gasteiger partial charge < -0.3 is 14.4 Å². The van der Waals surface area contributed by atoms with Crippen LogP contribution in [0.5, 0.6) is 0 Å². The summed E-state index contributed by atoms with van der Waals surface area (Å²) in [6, 6.07) is 2.83. The number of hydrogen-bond acceptors (Lipinski definition) is 6. The van der Waals surface area contributed by atoms with Crippen molar-refractivity contribution in [2.24, 2.45) is 5.16 Å². The van der Waals surface area contributed by atoms with E-state index in [-0.39, 0.29) is 12.4 Å². The first-order valence-corrected chi connectivity index (χ1v) is 4.18. The number of rotatable bonds is 4. The van der Waals surface area contributed by atoms with Crippen molar-refractivity contribution in [1.82, 2.24) is 0 Å². The molecule has 0 atom stereocenters. The topological polar surface area (TPSA) is 89.1 Å². The third kappa shape index (κ3) is 2.43. The van der Waals surface area contributed by atoms with Crippen molar-refractivity contribution < 1.29 is 24.0 Å². The van der Waals surface area contributed by atoms with E-state index in [0.29, 0.717) is 0 Å². The van der Waals surface area contributed by atoms with Crippen molar-refractivity contribution in [3.63, 3.8) is 0 Å². The van der Waals surface area contributed by atoms with E-state index in [4.69, 9.17) is 9.62 Å². The average Bonchev–Trinajstić information content (AvgIpc) is 2.71.